The van der Waals surface area contributed by atoms with Crippen molar-refractivity contribution in [3.8, 4) is 0 Å². The molecule has 1 aliphatic rings. The Morgan fingerprint density at radius 2 is 2.20 bits per heavy atom. The van der Waals surface area contributed by atoms with Gasteiger partial charge in [-0.3, -0.25) is 9.89 Å². The second-order valence-electron chi connectivity index (χ2n) is 5.16. The Bertz CT molecular complexity index is 428. The first-order valence-electron chi connectivity index (χ1n) is 7.09. The molecule has 1 saturated heterocycles. The Labute approximate surface area is 119 Å². The largest absolute Gasteiger partial charge is 0.378 e. The van der Waals surface area contributed by atoms with Gasteiger partial charge in [0.15, 0.2) is 5.82 Å². The molecular weight excluding hydrogens is 258 g/mol. The fourth-order valence-electron chi connectivity index (χ4n) is 2.23. The number of amides is 1. The molecular formula is C13H23N5O2. The number of aromatic nitrogens is 3. The van der Waals surface area contributed by atoms with E-state index in [0.29, 0.717) is 31.5 Å². The van der Waals surface area contributed by atoms with Crippen molar-refractivity contribution in [2.75, 3.05) is 26.7 Å². The maximum atomic E-state index is 12.0. The molecule has 1 aliphatic heterocycles. The van der Waals surface area contributed by atoms with Crippen molar-refractivity contribution >= 4 is 5.91 Å². The van der Waals surface area contributed by atoms with Gasteiger partial charge in [0.25, 0.3) is 0 Å². The van der Waals surface area contributed by atoms with Gasteiger partial charge in [-0.15, -0.1) is 0 Å². The minimum absolute atomic E-state index is 0.0568. The number of carbonyl (C=O) groups excluding carboxylic acids is 1. The third kappa shape index (κ3) is 4.57. The highest BCUT2D eigenvalue weighted by atomic mass is 16.5. The average Bonchev–Trinajstić information content (AvgIpc) is 2.85. The zero-order chi connectivity index (χ0) is 14.4. The molecule has 0 aromatic carbocycles. The van der Waals surface area contributed by atoms with Crippen LogP contribution in [-0.2, 0) is 16.1 Å². The van der Waals surface area contributed by atoms with Crippen LogP contribution in [0.1, 0.15) is 30.9 Å². The van der Waals surface area contributed by atoms with Crippen LogP contribution in [0.4, 0.5) is 0 Å². The summed E-state index contributed by atoms with van der Waals surface area (Å²) in [5.41, 5.74) is 0. The average molecular weight is 281 g/mol. The summed E-state index contributed by atoms with van der Waals surface area (Å²) in [6.45, 7) is 4.76. The Hall–Kier alpha value is -1.47. The maximum Gasteiger partial charge on any atom is 0.225 e. The number of nitrogens with zero attached hydrogens (tertiary/aromatic N) is 3. The molecule has 7 nitrogen and oxygen atoms in total. The lowest BCUT2D eigenvalue weighted by Gasteiger charge is -2.23. The number of aryl methyl sites for hydroxylation is 1. The molecule has 0 bridgehead atoms. The van der Waals surface area contributed by atoms with Gasteiger partial charge in [0.2, 0.25) is 5.91 Å². The van der Waals surface area contributed by atoms with E-state index in [1.807, 2.05) is 6.92 Å². The van der Waals surface area contributed by atoms with E-state index < -0.39 is 0 Å². The standard InChI is InChI=1S/C13H23N5O2/c1-10-15-12(17-16-10)9-18(2)13(19)5-8-20-11-3-6-14-7-4-11/h11,14H,3-9H2,1-2H3,(H,15,16,17). The molecule has 2 rings (SSSR count). The topological polar surface area (TPSA) is 83.1 Å². The maximum absolute atomic E-state index is 12.0. The van der Waals surface area contributed by atoms with Crippen molar-refractivity contribution in [3.05, 3.63) is 11.6 Å². The molecule has 7 heteroatoms. The van der Waals surface area contributed by atoms with E-state index in [-0.39, 0.29) is 5.91 Å². The van der Waals surface area contributed by atoms with Crippen LogP contribution in [0.3, 0.4) is 0 Å². The second-order valence-corrected chi connectivity index (χ2v) is 5.16. The van der Waals surface area contributed by atoms with E-state index in [1.165, 1.54) is 0 Å². The van der Waals surface area contributed by atoms with Gasteiger partial charge in [-0.05, 0) is 32.9 Å². The van der Waals surface area contributed by atoms with Gasteiger partial charge in [0.1, 0.15) is 5.82 Å². The van der Waals surface area contributed by atoms with Gasteiger partial charge in [-0.25, -0.2) is 4.98 Å². The Morgan fingerprint density at radius 3 is 2.85 bits per heavy atom. The van der Waals surface area contributed by atoms with Crippen LogP contribution in [-0.4, -0.2) is 58.8 Å². The van der Waals surface area contributed by atoms with E-state index in [9.17, 15) is 4.79 Å². The van der Waals surface area contributed by atoms with E-state index in [0.717, 1.165) is 31.8 Å². The van der Waals surface area contributed by atoms with Gasteiger partial charge in [-0.1, -0.05) is 0 Å². The minimum Gasteiger partial charge on any atom is -0.378 e. The molecule has 0 aliphatic carbocycles. The number of hydrogen-bond donors (Lipinski definition) is 2. The molecule has 0 saturated carbocycles. The molecule has 20 heavy (non-hydrogen) atoms. The first-order valence-corrected chi connectivity index (χ1v) is 7.09. The van der Waals surface area contributed by atoms with Gasteiger partial charge in [0.05, 0.1) is 25.7 Å². The van der Waals surface area contributed by atoms with Gasteiger partial charge >= 0.3 is 0 Å². The summed E-state index contributed by atoms with van der Waals surface area (Å²) in [5.74, 6) is 1.45. The van der Waals surface area contributed by atoms with Crippen LogP contribution in [0.25, 0.3) is 0 Å². The lowest BCUT2D eigenvalue weighted by molar-refractivity contribution is -0.132. The van der Waals surface area contributed by atoms with Crippen LogP contribution >= 0.6 is 0 Å². The lowest BCUT2D eigenvalue weighted by Crippen LogP contribution is -2.33. The highest BCUT2D eigenvalue weighted by molar-refractivity contribution is 5.75. The van der Waals surface area contributed by atoms with E-state index in [1.54, 1.807) is 11.9 Å². The summed E-state index contributed by atoms with van der Waals surface area (Å²) in [7, 11) is 1.76. The number of piperidine rings is 1. The van der Waals surface area contributed by atoms with Crippen LogP contribution in [0.2, 0.25) is 0 Å². The zero-order valence-corrected chi connectivity index (χ0v) is 12.2. The predicted octanol–water partition coefficient (Wildman–Crippen LogP) is 0.230. The summed E-state index contributed by atoms with van der Waals surface area (Å²) in [4.78, 5) is 17.8. The molecule has 1 aromatic rings. The fourth-order valence-corrected chi connectivity index (χ4v) is 2.23. The Balaban J connectivity index is 1.65. The molecule has 1 amide bonds. The first-order chi connectivity index (χ1) is 9.65. The number of aromatic amines is 1. The zero-order valence-electron chi connectivity index (χ0n) is 12.2. The number of carbonyl (C=O) groups is 1. The molecule has 1 fully saturated rings. The van der Waals surface area contributed by atoms with E-state index in [2.05, 4.69) is 20.5 Å². The van der Waals surface area contributed by atoms with Gasteiger partial charge in [-0.2, -0.15) is 5.10 Å². The normalized spacial score (nSPS) is 16.3. The van der Waals surface area contributed by atoms with Crippen LogP contribution in [0, 0.1) is 6.92 Å². The first kappa shape index (κ1) is 14.9. The van der Waals surface area contributed by atoms with Crippen molar-refractivity contribution in [2.45, 2.75) is 38.8 Å². The van der Waals surface area contributed by atoms with Crippen LogP contribution in [0.15, 0.2) is 0 Å². The number of ether oxygens (including phenoxy) is 1. The van der Waals surface area contributed by atoms with E-state index >= 15 is 0 Å². The quantitative estimate of drug-likeness (QED) is 0.780. The summed E-state index contributed by atoms with van der Waals surface area (Å²) >= 11 is 0. The van der Waals surface area contributed by atoms with Crippen molar-refractivity contribution in [3.63, 3.8) is 0 Å². The van der Waals surface area contributed by atoms with Crippen molar-refractivity contribution in [1.82, 2.24) is 25.4 Å². The summed E-state index contributed by atoms with van der Waals surface area (Å²) in [6, 6.07) is 0. The highest BCUT2D eigenvalue weighted by Crippen LogP contribution is 2.08. The molecule has 112 valence electrons. The highest BCUT2D eigenvalue weighted by Gasteiger charge is 2.15. The third-order valence-corrected chi connectivity index (χ3v) is 3.40. The minimum atomic E-state index is 0.0568. The SMILES string of the molecule is Cc1nc(CN(C)C(=O)CCOC2CCNCC2)n[nH]1. The third-order valence-electron chi connectivity index (χ3n) is 3.40. The van der Waals surface area contributed by atoms with Gasteiger partial charge < -0.3 is 15.0 Å². The summed E-state index contributed by atoms with van der Waals surface area (Å²) in [6.07, 6.45) is 2.76. The van der Waals surface area contributed by atoms with Crippen LogP contribution in [0.5, 0.6) is 0 Å². The Kier molecular flexibility index (Phi) is 5.49. The molecule has 0 radical (unpaired) electrons. The summed E-state index contributed by atoms with van der Waals surface area (Å²) in [5, 5.41) is 10.1. The van der Waals surface area contributed by atoms with Crippen molar-refractivity contribution < 1.29 is 9.53 Å². The second kappa shape index (κ2) is 7.35. The number of hydrogen-bond acceptors (Lipinski definition) is 5. The van der Waals surface area contributed by atoms with E-state index in [4.69, 9.17) is 4.74 Å². The number of H-pyrrole nitrogens is 1. The molecule has 2 N–H and O–H groups in total. The number of rotatable bonds is 6. The van der Waals surface area contributed by atoms with Crippen molar-refractivity contribution in [1.29, 1.82) is 0 Å². The summed E-state index contributed by atoms with van der Waals surface area (Å²) < 4.78 is 5.73. The molecule has 2 heterocycles. The van der Waals surface area contributed by atoms with Crippen molar-refractivity contribution in [2.24, 2.45) is 0 Å². The van der Waals surface area contributed by atoms with Crippen LogP contribution < -0.4 is 5.32 Å². The number of nitrogens with one attached hydrogen (secondary N) is 2. The smallest absolute Gasteiger partial charge is 0.225 e. The predicted molar refractivity (Wildman–Crippen MR) is 74.1 cm³/mol. The molecule has 0 unspecified atom stereocenters. The Morgan fingerprint density at radius 1 is 1.45 bits per heavy atom. The molecule has 0 spiro atoms. The molecule has 0 atom stereocenters. The lowest BCUT2D eigenvalue weighted by atomic mass is 10.1. The molecule has 1 aromatic heterocycles. The van der Waals surface area contributed by atoms with Gasteiger partial charge in [0, 0.05) is 7.05 Å². The monoisotopic (exact) mass is 281 g/mol. The fraction of sp³-hybridized carbons (Fsp3) is 0.769.